The van der Waals surface area contributed by atoms with Crippen LogP contribution in [-0.4, -0.2) is 29.7 Å². The van der Waals surface area contributed by atoms with E-state index in [1.165, 1.54) is 0 Å². The number of anilines is 2. The van der Waals surface area contributed by atoms with E-state index in [4.69, 9.17) is 9.26 Å². The summed E-state index contributed by atoms with van der Waals surface area (Å²) in [6.45, 7) is 2.35. The van der Waals surface area contributed by atoms with Gasteiger partial charge in [-0.25, -0.2) is 0 Å². The zero-order chi connectivity index (χ0) is 16.2. The number of nitrogens with one attached hydrogen (secondary N) is 2. The van der Waals surface area contributed by atoms with Gasteiger partial charge < -0.3 is 19.9 Å². The molecule has 0 radical (unpaired) electrons. The van der Waals surface area contributed by atoms with Crippen LogP contribution in [0.4, 0.5) is 11.4 Å². The molecule has 1 aromatic carbocycles. The summed E-state index contributed by atoms with van der Waals surface area (Å²) in [5.41, 5.74) is 1.48. The minimum Gasteiger partial charge on any atom is -0.368 e. The Morgan fingerprint density at radius 1 is 1.17 bits per heavy atom. The highest BCUT2D eigenvalue weighted by molar-refractivity contribution is 6.03. The number of hydrogen-bond donors (Lipinski definition) is 2. The molecule has 120 valence electrons. The topological polar surface area (TPSA) is 93.5 Å². The number of ether oxygens (including phenoxy) is 1. The summed E-state index contributed by atoms with van der Waals surface area (Å²) in [5.74, 6) is 0.0812. The Bertz CT molecular complexity index is 702. The predicted molar refractivity (Wildman–Crippen MR) is 83.2 cm³/mol. The molecule has 2 N–H and O–H groups in total. The molecule has 1 atom stereocenters. The number of aromatic nitrogens is 1. The predicted octanol–water partition coefficient (Wildman–Crippen LogP) is 2.35. The first-order valence-electron chi connectivity index (χ1n) is 7.39. The standard InChI is InChI=1S/C16H17N3O4/c1-10-9-13(19-23-10)15(20)17-11-4-6-12(7-5-11)18-16(21)14-3-2-8-22-14/h4-7,9,14H,2-3,8H2,1H3,(H,17,20)(H,18,21)/t14-/m0/s1. The molecule has 3 rings (SSSR count). The van der Waals surface area contributed by atoms with Crippen LogP contribution in [-0.2, 0) is 9.53 Å². The van der Waals surface area contributed by atoms with Gasteiger partial charge in [0, 0.05) is 24.0 Å². The summed E-state index contributed by atoms with van der Waals surface area (Å²) in [6, 6.07) is 8.41. The van der Waals surface area contributed by atoms with E-state index in [1.54, 1.807) is 37.3 Å². The molecule has 23 heavy (non-hydrogen) atoms. The van der Waals surface area contributed by atoms with Crippen LogP contribution in [0.5, 0.6) is 0 Å². The van der Waals surface area contributed by atoms with Gasteiger partial charge in [-0.15, -0.1) is 0 Å². The third-order valence-corrected chi connectivity index (χ3v) is 3.49. The van der Waals surface area contributed by atoms with E-state index < -0.39 is 0 Å². The molecule has 0 spiro atoms. The Morgan fingerprint density at radius 3 is 2.43 bits per heavy atom. The first kappa shape index (κ1) is 15.2. The van der Waals surface area contributed by atoms with Crippen molar-refractivity contribution in [2.24, 2.45) is 0 Å². The summed E-state index contributed by atoms with van der Waals surface area (Å²) in [4.78, 5) is 23.9. The molecule has 1 fully saturated rings. The fourth-order valence-corrected chi connectivity index (χ4v) is 2.31. The lowest BCUT2D eigenvalue weighted by Crippen LogP contribution is -2.26. The number of hydrogen-bond acceptors (Lipinski definition) is 5. The molecule has 1 aliphatic heterocycles. The van der Waals surface area contributed by atoms with Crippen molar-refractivity contribution < 1.29 is 18.8 Å². The van der Waals surface area contributed by atoms with Crippen molar-refractivity contribution >= 4 is 23.2 Å². The van der Waals surface area contributed by atoms with E-state index in [-0.39, 0.29) is 23.6 Å². The van der Waals surface area contributed by atoms with Crippen molar-refractivity contribution in [3.05, 3.63) is 41.8 Å². The molecule has 7 heteroatoms. The highest BCUT2D eigenvalue weighted by Crippen LogP contribution is 2.18. The van der Waals surface area contributed by atoms with Gasteiger partial charge >= 0.3 is 0 Å². The summed E-state index contributed by atoms with van der Waals surface area (Å²) < 4.78 is 10.2. The highest BCUT2D eigenvalue weighted by Gasteiger charge is 2.23. The Hall–Kier alpha value is -2.67. The Morgan fingerprint density at radius 2 is 1.87 bits per heavy atom. The summed E-state index contributed by atoms with van der Waals surface area (Å²) in [5, 5.41) is 9.16. The molecule has 2 amide bonds. The molecule has 7 nitrogen and oxygen atoms in total. The van der Waals surface area contributed by atoms with E-state index in [2.05, 4.69) is 15.8 Å². The van der Waals surface area contributed by atoms with E-state index >= 15 is 0 Å². The number of benzene rings is 1. The average molecular weight is 315 g/mol. The average Bonchev–Trinajstić information content (AvgIpc) is 3.20. The lowest BCUT2D eigenvalue weighted by Gasteiger charge is -2.11. The van der Waals surface area contributed by atoms with Crippen LogP contribution in [0.1, 0.15) is 29.1 Å². The zero-order valence-corrected chi connectivity index (χ0v) is 12.7. The second-order valence-electron chi connectivity index (χ2n) is 5.35. The Kier molecular flexibility index (Phi) is 4.38. The molecule has 1 saturated heterocycles. The molecule has 0 aliphatic carbocycles. The maximum atomic E-state index is 11.9. The third-order valence-electron chi connectivity index (χ3n) is 3.49. The monoisotopic (exact) mass is 315 g/mol. The maximum Gasteiger partial charge on any atom is 0.277 e. The number of carbonyl (C=O) groups excluding carboxylic acids is 2. The fraction of sp³-hybridized carbons (Fsp3) is 0.312. The summed E-state index contributed by atoms with van der Waals surface area (Å²) in [7, 11) is 0. The van der Waals surface area contributed by atoms with Gasteiger partial charge in [-0.2, -0.15) is 0 Å². The van der Waals surface area contributed by atoms with Crippen LogP contribution in [0.25, 0.3) is 0 Å². The molecular formula is C16H17N3O4. The smallest absolute Gasteiger partial charge is 0.277 e. The fourth-order valence-electron chi connectivity index (χ4n) is 2.31. The second-order valence-corrected chi connectivity index (χ2v) is 5.35. The number of carbonyl (C=O) groups is 2. The molecule has 0 saturated carbocycles. The first-order chi connectivity index (χ1) is 11.1. The third kappa shape index (κ3) is 3.75. The van der Waals surface area contributed by atoms with E-state index in [0.29, 0.717) is 23.7 Å². The first-order valence-corrected chi connectivity index (χ1v) is 7.39. The lowest BCUT2D eigenvalue weighted by atomic mass is 10.2. The second kappa shape index (κ2) is 6.62. The van der Waals surface area contributed by atoms with Gasteiger partial charge in [0.1, 0.15) is 11.9 Å². The SMILES string of the molecule is Cc1cc(C(=O)Nc2ccc(NC(=O)[C@@H]3CCCO3)cc2)no1. The molecule has 2 aromatic rings. The van der Waals surface area contributed by atoms with Crippen LogP contribution in [0.2, 0.25) is 0 Å². The van der Waals surface area contributed by atoms with Crippen molar-refractivity contribution in [1.82, 2.24) is 5.16 Å². The van der Waals surface area contributed by atoms with E-state index in [9.17, 15) is 9.59 Å². The molecule has 2 heterocycles. The molecule has 1 aromatic heterocycles. The van der Waals surface area contributed by atoms with Gasteiger partial charge in [0.25, 0.3) is 11.8 Å². The van der Waals surface area contributed by atoms with Gasteiger partial charge in [-0.05, 0) is 44.0 Å². The van der Waals surface area contributed by atoms with Crippen molar-refractivity contribution in [3.63, 3.8) is 0 Å². The zero-order valence-electron chi connectivity index (χ0n) is 12.7. The van der Waals surface area contributed by atoms with Gasteiger partial charge in [-0.3, -0.25) is 9.59 Å². The van der Waals surface area contributed by atoms with E-state index in [0.717, 1.165) is 12.8 Å². The molecule has 0 bridgehead atoms. The van der Waals surface area contributed by atoms with Crippen molar-refractivity contribution in [2.75, 3.05) is 17.2 Å². The van der Waals surface area contributed by atoms with Crippen LogP contribution in [0.3, 0.4) is 0 Å². The Labute approximate surface area is 133 Å². The van der Waals surface area contributed by atoms with Gasteiger partial charge in [0.2, 0.25) is 0 Å². The molecule has 1 aliphatic rings. The van der Waals surface area contributed by atoms with Gasteiger partial charge in [0.05, 0.1) is 0 Å². The quantitative estimate of drug-likeness (QED) is 0.903. The van der Waals surface area contributed by atoms with Crippen molar-refractivity contribution in [3.8, 4) is 0 Å². The number of rotatable bonds is 4. The number of nitrogens with zero attached hydrogens (tertiary/aromatic N) is 1. The lowest BCUT2D eigenvalue weighted by molar-refractivity contribution is -0.124. The van der Waals surface area contributed by atoms with Crippen LogP contribution in [0.15, 0.2) is 34.9 Å². The van der Waals surface area contributed by atoms with Crippen LogP contribution in [0, 0.1) is 6.92 Å². The highest BCUT2D eigenvalue weighted by atomic mass is 16.5. The normalized spacial score (nSPS) is 17.0. The minimum absolute atomic E-state index is 0.141. The molecular weight excluding hydrogens is 298 g/mol. The van der Waals surface area contributed by atoms with Crippen LogP contribution < -0.4 is 10.6 Å². The van der Waals surface area contributed by atoms with Gasteiger partial charge in [-0.1, -0.05) is 5.16 Å². The summed E-state index contributed by atoms with van der Waals surface area (Å²) in [6.07, 6.45) is 1.28. The van der Waals surface area contributed by atoms with E-state index in [1.807, 2.05) is 0 Å². The van der Waals surface area contributed by atoms with Gasteiger partial charge in [0.15, 0.2) is 5.69 Å². The largest absolute Gasteiger partial charge is 0.368 e. The summed E-state index contributed by atoms with van der Waals surface area (Å²) >= 11 is 0. The Balaban J connectivity index is 1.58. The van der Waals surface area contributed by atoms with Crippen LogP contribution >= 0.6 is 0 Å². The minimum atomic E-state index is -0.371. The van der Waals surface area contributed by atoms with Crippen molar-refractivity contribution in [2.45, 2.75) is 25.9 Å². The number of amides is 2. The van der Waals surface area contributed by atoms with Crippen molar-refractivity contribution in [1.29, 1.82) is 0 Å². The maximum absolute atomic E-state index is 11.9. The molecule has 0 unspecified atom stereocenters. The number of aryl methyl sites for hydroxylation is 1.